The second kappa shape index (κ2) is 9.36. The fraction of sp³-hybridized carbons (Fsp3) is 0.333. The maximum absolute atomic E-state index is 12.9. The summed E-state index contributed by atoms with van der Waals surface area (Å²) >= 11 is 0. The van der Waals surface area contributed by atoms with Crippen LogP contribution in [-0.4, -0.2) is 59.4 Å². The first-order valence-electron chi connectivity index (χ1n) is 9.62. The molecule has 31 heavy (non-hydrogen) atoms. The molecule has 0 fully saturated rings. The van der Waals surface area contributed by atoms with Crippen LogP contribution in [-0.2, 0) is 19.6 Å². The van der Waals surface area contributed by atoms with E-state index in [9.17, 15) is 18.0 Å². The normalized spacial score (nSPS) is 15.6. The highest BCUT2D eigenvalue weighted by molar-refractivity contribution is 7.92. The molecule has 1 heterocycles. The standard InChI is InChI=1S/C21H25N3O6S/c1-14-8-9-18-17(12-14)24(31(3,27)28)13-19(30-18)21(26)23-16-7-5-4-6-15(16)20(25)22-10-11-29-2/h4-9,12,19H,10-11,13H2,1-3H3,(H,22,25)(H,23,26)/t19-/m1/s1. The van der Waals surface area contributed by atoms with Crippen molar-refractivity contribution in [1.82, 2.24) is 5.32 Å². The van der Waals surface area contributed by atoms with E-state index in [1.165, 1.54) is 7.11 Å². The number of carbonyl (C=O) groups excluding carboxylic acids is 2. The molecule has 1 atom stereocenters. The summed E-state index contributed by atoms with van der Waals surface area (Å²) in [4.78, 5) is 25.4. The number of nitrogens with zero attached hydrogens (tertiary/aromatic N) is 1. The third-order valence-electron chi connectivity index (χ3n) is 4.70. The number of nitrogens with one attached hydrogen (secondary N) is 2. The van der Waals surface area contributed by atoms with E-state index in [1.54, 1.807) is 42.5 Å². The van der Waals surface area contributed by atoms with Gasteiger partial charge in [0, 0.05) is 13.7 Å². The van der Waals surface area contributed by atoms with Gasteiger partial charge in [-0.15, -0.1) is 0 Å². The number of benzene rings is 2. The number of anilines is 2. The number of hydrogen-bond acceptors (Lipinski definition) is 6. The van der Waals surface area contributed by atoms with E-state index in [2.05, 4.69) is 10.6 Å². The number of ether oxygens (including phenoxy) is 2. The Morgan fingerprint density at radius 3 is 2.68 bits per heavy atom. The van der Waals surface area contributed by atoms with E-state index < -0.39 is 22.0 Å². The number of fused-ring (bicyclic) bond motifs is 1. The smallest absolute Gasteiger partial charge is 0.267 e. The number of amides is 2. The number of sulfonamides is 1. The molecule has 2 aromatic carbocycles. The van der Waals surface area contributed by atoms with Gasteiger partial charge in [0.15, 0.2) is 6.10 Å². The third kappa shape index (κ3) is 5.33. The van der Waals surface area contributed by atoms with Crippen LogP contribution in [0.3, 0.4) is 0 Å². The second-order valence-corrected chi connectivity index (χ2v) is 9.06. The SMILES string of the molecule is COCCNC(=O)c1ccccc1NC(=O)[C@H]1CN(S(C)(=O)=O)c2cc(C)ccc2O1. The lowest BCUT2D eigenvalue weighted by Gasteiger charge is -2.34. The van der Waals surface area contributed by atoms with Crippen LogP contribution >= 0.6 is 0 Å². The number of rotatable bonds is 7. The topological polar surface area (TPSA) is 114 Å². The van der Waals surface area contributed by atoms with Crippen LogP contribution in [0, 0.1) is 6.92 Å². The zero-order valence-corrected chi connectivity index (χ0v) is 18.4. The van der Waals surface area contributed by atoms with Crippen LogP contribution < -0.4 is 19.7 Å². The number of para-hydroxylation sites is 1. The molecule has 10 heteroatoms. The molecule has 0 saturated carbocycles. The average Bonchev–Trinajstić information content (AvgIpc) is 2.72. The van der Waals surface area contributed by atoms with Gasteiger partial charge in [0.25, 0.3) is 11.8 Å². The number of methoxy groups -OCH3 is 1. The molecular weight excluding hydrogens is 422 g/mol. The number of carbonyl (C=O) groups is 2. The molecule has 0 radical (unpaired) electrons. The van der Waals surface area contributed by atoms with Crippen molar-refractivity contribution >= 4 is 33.2 Å². The minimum absolute atomic E-state index is 0.177. The molecule has 0 spiro atoms. The minimum Gasteiger partial charge on any atom is -0.476 e. The molecular formula is C21H25N3O6S. The van der Waals surface area contributed by atoms with Gasteiger partial charge in [0.1, 0.15) is 5.75 Å². The summed E-state index contributed by atoms with van der Waals surface area (Å²) in [5, 5.41) is 5.39. The van der Waals surface area contributed by atoms with Crippen LogP contribution in [0.15, 0.2) is 42.5 Å². The van der Waals surface area contributed by atoms with Gasteiger partial charge in [-0.2, -0.15) is 0 Å². The van der Waals surface area contributed by atoms with Gasteiger partial charge in [-0.1, -0.05) is 18.2 Å². The Kier molecular flexibility index (Phi) is 6.81. The van der Waals surface area contributed by atoms with Crippen molar-refractivity contribution in [1.29, 1.82) is 0 Å². The molecule has 2 N–H and O–H groups in total. The zero-order chi connectivity index (χ0) is 22.6. The second-order valence-electron chi connectivity index (χ2n) is 7.16. The van der Waals surface area contributed by atoms with Crippen molar-refractivity contribution in [2.75, 3.05) is 42.7 Å². The molecule has 166 valence electrons. The Bertz CT molecular complexity index is 1090. The molecule has 0 aromatic heterocycles. The van der Waals surface area contributed by atoms with Crippen molar-refractivity contribution in [3.05, 3.63) is 53.6 Å². The summed E-state index contributed by atoms with van der Waals surface area (Å²) in [6, 6.07) is 11.7. The maximum Gasteiger partial charge on any atom is 0.267 e. The van der Waals surface area contributed by atoms with Crippen molar-refractivity contribution in [3.63, 3.8) is 0 Å². The van der Waals surface area contributed by atoms with Crippen LogP contribution in [0.5, 0.6) is 5.75 Å². The van der Waals surface area contributed by atoms with Crippen molar-refractivity contribution in [2.45, 2.75) is 13.0 Å². The summed E-state index contributed by atoms with van der Waals surface area (Å²) in [6.07, 6.45) is -0.00600. The summed E-state index contributed by atoms with van der Waals surface area (Å²) in [5.74, 6) is -0.624. The molecule has 1 aliphatic heterocycles. The molecule has 9 nitrogen and oxygen atoms in total. The highest BCUT2D eigenvalue weighted by Crippen LogP contribution is 2.36. The number of hydrogen-bond donors (Lipinski definition) is 2. The summed E-state index contributed by atoms with van der Waals surface area (Å²) in [7, 11) is -2.10. The van der Waals surface area contributed by atoms with Crippen LogP contribution in [0.2, 0.25) is 0 Å². The van der Waals surface area contributed by atoms with Gasteiger partial charge < -0.3 is 20.1 Å². The molecule has 2 aromatic rings. The molecule has 3 rings (SSSR count). The monoisotopic (exact) mass is 447 g/mol. The lowest BCUT2D eigenvalue weighted by atomic mass is 10.1. The van der Waals surface area contributed by atoms with Gasteiger partial charge >= 0.3 is 0 Å². The Labute approximate surface area is 181 Å². The number of aryl methyl sites for hydroxylation is 1. The molecule has 0 aliphatic carbocycles. The largest absolute Gasteiger partial charge is 0.476 e. The quantitative estimate of drug-likeness (QED) is 0.623. The van der Waals surface area contributed by atoms with E-state index >= 15 is 0 Å². The van der Waals surface area contributed by atoms with Crippen LogP contribution in [0.25, 0.3) is 0 Å². The molecule has 0 saturated heterocycles. The molecule has 0 unspecified atom stereocenters. The van der Waals surface area contributed by atoms with Crippen molar-refractivity contribution in [2.24, 2.45) is 0 Å². The predicted molar refractivity (Wildman–Crippen MR) is 117 cm³/mol. The van der Waals surface area contributed by atoms with E-state index in [1.807, 2.05) is 6.92 Å². The van der Waals surface area contributed by atoms with Gasteiger partial charge in [-0.05, 0) is 36.8 Å². The fourth-order valence-corrected chi connectivity index (χ4v) is 4.08. The molecule has 1 aliphatic rings. The van der Waals surface area contributed by atoms with E-state index in [0.717, 1.165) is 16.1 Å². The van der Waals surface area contributed by atoms with E-state index in [0.29, 0.717) is 30.3 Å². The maximum atomic E-state index is 12.9. The highest BCUT2D eigenvalue weighted by Gasteiger charge is 2.35. The predicted octanol–water partition coefficient (Wildman–Crippen LogP) is 1.54. The van der Waals surface area contributed by atoms with Gasteiger partial charge in [-0.3, -0.25) is 13.9 Å². The Balaban J connectivity index is 1.82. The lowest BCUT2D eigenvalue weighted by molar-refractivity contribution is -0.122. The minimum atomic E-state index is -3.63. The van der Waals surface area contributed by atoms with Gasteiger partial charge in [-0.25, -0.2) is 8.42 Å². The first-order valence-corrected chi connectivity index (χ1v) is 11.5. The van der Waals surface area contributed by atoms with Crippen molar-refractivity contribution in [3.8, 4) is 5.75 Å². The van der Waals surface area contributed by atoms with Crippen LogP contribution in [0.1, 0.15) is 15.9 Å². The molecule has 2 amide bonds. The van der Waals surface area contributed by atoms with E-state index in [4.69, 9.17) is 9.47 Å². The molecule has 0 bridgehead atoms. The third-order valence-corrected chi connectivity index (χ3v) is 5.84. The highest BCUT2D eigenvalue weighted by atomic mass is 32.2. The summed E-state index contributed by atoms with van der Waals surface area (Å²) < 4.78 is 36.5. The zero-order valence-electron chi connectivity index (χ0n) is 17.5. The van der Waals surface area contributed by atoms with E-state index in [-0.39, 0.29) is 18.0 Å². The fourth-order valence-electron chi connectivity index (χ4n) is 3.18. The van der Waals surface area contributed by atoms with Crippen molar-refractivity contribution < 1.29 is 27.5 Å². The van der Waals surface area contributed by atoms with Gasteiger partial charge in [0.2, 0.25) is 10.0 Å². The van der Waals surface area contributed by atoms with Gasteiger partial charge in [0.05, 0.1) is 36.3 Å². The Morgan fingerprint density at radius 1 is 1.23 bits per heavy atom. The average molecular weight is 448 g/mol. The Morgan fingerprint density at radius 2 is 1.97 bits per heavy atom. The Hall–Kier alpha value is -3.11. The summed E-state index contributed by atoms with van der Waals surface area (Å²) in [6.45, 7) is 2.34. The first-order chi connectivity index (χ1) is 14.7. The van der Waals surface area contributed by atoms with Crippen LogP contribution in [0.4, 0.5) is 11.4 Å². The lowest BCUT2D eigenvalue weighted by Crippen LogP contribution is -2.48. The summed E-state index contributed by atoms with van der Waals surface area (Å²) in [5.41, 5.74) is 1.84. The first kappa shape index (κ1) is 22.6.